The fraction of sp³-hybridized carbons (Fsp3) is 0.357. The quantitative estimate of drug-likeness (QED) is 0.844. The molecule has 0 aromatic heterocycles. The number of carbonyl (C=O) groups is 2. The first-order valence-corrected chi connectivity index (χ1v) is 6.38. The third kappa shape index (κ3) is 4.25. The Bertz CT molecular complexity index is 522. The molecule has 20 heavy (non-hydrogen) atoms. The van der Waals surface area contributed by atoms with Gasteiger partial charge in [0.25, 0.3) is 5.91 Å². The number of carbonyl (C=O) groups excluding carboxylic acids is 2. The molecule has 0 heterocycles. The number of methoxy groups -OCH3 is 1. The number of hydrogen-bond donors (Lipinski definition) is 1. The maximum atomic E-state index is 12.1. The predicted octanol–water partition coefficient (Wildman–Crippen LogP) is 2.16. The van der Waals surface area contributed by atoms with Gasteiger partial charge in [-0.2, -0.15) is 5.26 Å². The van der Waals surface area contributed by atoms with E-state index >= 15 is 0 Å². The third-order valence-electron chi connectivity index (χ3n) is 2.83. The van der Waals surface area contributed by atoms with Gasteiger partial charge in [-0.1, -0.05) is 18.5 Å². The lowest BCUT2D eigenvalue weighted by molar-refractivity contribution is -0.144. The van der Waals surface area contributed by atoms with Crippen molar-refractivity contribution in [3.63, 3.8) is 0 Å². The van der Waals surface area contributed by atoms with Crippen molar-refractivity contribution in [2.75, 3.05) is 7.11 Å². The van der Waals surface area contributed by atoms with Crippen LogP contribution in [0.4, 0.5) is 0 Å². The van der Waals surface area contributed by atoms with Crippen molar-refractivity contribution in [1.29, 1.82) is 5.26 Å². The SMILES string of the molecule is COC(=O)[C@H](NC(=O)c1ccc(Cl)cc1)[C@@H](C)CC#N. The Morgan fingerprint density at radius 1 is 1.40 bits per heavy atom. The van der Waals surface area contributed by atoms with Crippen molar-refractivity contribution >= 4 is 23.5 Å². The molecular formula is C14H15ClN2O3. The van der Waals surface area contributed by atoms with Crippen LogP contribution in [0.2, 0.25) is 5.02 Å². The van der Waals surface area contributed by atoms with Crippen LogP contribution >= 0.6 is 11.6 Å². The van der Waals surface area contributed by atoms with Gasteiger partial charge in [-0.3, -0.25) is 4.79 Å². The van der Waals surface area contributed by atoms with Crippen molar-refractivity contribution in [3.05, 3.63) is 34.9 Å². The highest BCUT2D eigenvalue weighted by molar-refractivity contribution is 6.30. The summed E-state index contributed by atoms with van der Waals surface area (Å²) in [5.74, 6) is -1.33. The molecule has 0 saturated heterocycles. The highest BCUT2D eigenvalue weighted by Crippen LogP contribution is 2.12. The summed E-state index contributed by atoms with van der Waals surface area (Å²) in [6, 6.07) is 7.40. The zero-order chi connectivity index (χ0) is 15.1. The van der Waals surface area contributed by atoms with E-state index in [1.165, 1.54) is 7.11 Å². The fourth-order valence-corrected chi connectivity index (χ4v) is 1.77. The van der Waals surface area contributed by atoms with Gasteiger partial charge in [0, 0.05) is 22.9 Å². The molecule has 6 heteroatoms. The van der Waals surface area contributed by atoms with Crippen molar-refractivity contribution in [1.82, 2.24) is 5.32 Å². The Kier molecular flexibility index (Phi) is 6.01. The van der Waals surface area contributed by atoms with E-state index in [9.17, 15) is 9.59 Å². The molecule has 0 bridgehead atoms. The molecule has 1 rings (SSSR count). The summed E-state index contributed by atoms with van der Waals surface area (Å²) in [5.41, 5.74) is 0.382. The maximum absolute atomic E-state index is 12.1. The first-order chi connectivity index (χ1) is 9.49. The van der Waals surface area contributed by atoms with Crippen molar-refractivity contribution in [2.24, 2.45) is 5.92 Å². The fourth-order valence-electron chi connectivity index (χ4n) is 1.65. The predicted molar refractivity (Wildman–Crippen MR) is 74.1 cm³/mol. The van der Waals surface area contributed by atoms with E-state index < -0.39 is 17.9 Å². The molecular weight excluding hydrogens is 280 g/mol. The van der Waals surface area contributed by atoms with Crippen LogP contribution in [0.1, 0.15) is 23.7 Å². The largest absolute Gasteiger partial charge is 0.467 e. The van der Waals surface area contributed by atoms with Gasteiger partial charge < -0.3 is 10.1 Å². The summed E-state index contributed by atoms with van der Waals surface area (Å²) in [6.07, 6.45) is 0.140. The number of ether oxygens (including phenoxy) is 1. The summed E-state index contributed by atoms with van der Waals surface area (Å²) >= 11 is 5.74. The molecule has 0 aliphatic carbocycles. The molecule has 0 fully saturated rings. The number of benzene rings is 1. The van der Waals surface area contributed by atoms with E-state index in [0.717, 1.165) is 0 Å². The molecule has 2 atom stereocenters. The molecule has 0 unspecified atom stereocenters. The number of hydrogen-bond acceptors (Lipinski definition) is 4. The van der Waals surface area contributed by atoms with Crippen molar-refractivity contribution < 1.29 is 14.3 Å². The van der Waals surface area contributed by atoms with Crippen LogP contribution in [0, 0.1) is 17.2 Å². The molecule has 0 aliphatic heterocycles. The molecule has 106 valence electrons. The molecule has 0 spiro atoms. The molecule has 1 aromatic carbocycles. The number of nitriles is 1. The van der Waals surface area contributed by atoms with E-state index in [-0.39, 0.29) is 12.3 Å². The molecule has 0 radical (unpaired) electrons. The Morgan fingerprint density at radius 3 is 2.50 bits per heavy atom. The highest BCUT2D eigenvalue weighted by atomic mass is 35.5. The van der Waals surface area contributed by atoms with E-state index in [0.29, 0.717) is 10.6 Å². The number of halogens is 1. The van der Waals surface area contributed by atoms with Crippen LogP contribution < -0.4 is 5.32 Å². The van der Waals surface area contributed by atoms with E-state index in [2.05, 4.69) is 10.1 Å². The second-order valence-electron chi connectivity index (χ2n) is 4.32. The molecule has 1 aromatic rings. The number of esters is 1. The summed E-state index contributed by atoms with van der Waals surface area (Å²) in [5, 5.41) is 11.8. The Hall–Kier alpha value is -2.06. The molecule has 0 saturated carbocycles. The second-order valence-corrected chi connectivity index (χ2v) is 4.76. The van der Waals surface area contributed by atoms with Gasteiger partial charge in [-0.05, 0) is 24.3 Å². The van der Waals surface area contributed by atoms with E-state index in [1.54, 1.807) is 31.2 Å². The number of amides is 1. The topological polar surface area (TPSA) is 79.2 Å². The lowest BCUT2D eigenvalue weighted by Gasteiger charge is -2.21. The highest BCUT2D eigenvalue weighted by Gasteiger charge is 2.27. The minimum absolute atomic E-state index is 0.140. The third-order valence-corrected chi connectivity index (χ3v) is 3.08. The van der Waals surface area contributed by atoms with E-state index in [1.807, 2.05) is 6.07 Å². The van der Waals surface area contributed by atoms with Crippen molar-refractivity contribution in [3.8, 4) is 6.07 Å². The normalized spacial score (nSPS) is 12.9. The maximum Gasteiger partial charge on any atom is 0.328 e. The average molecular weight is 295 g/mol. The van der Waals surface area contributed by atoms with Crippen LogP contribution in [0.5, 0.6) is 0 Å². The van der Waals surface area contributed by atoms with Gasteiger partial charge in [0.15, 0.2) is 0 Å². The lowest BCUT2D eigenvalue weighted by atomic mass is 9.98. The lowest BCUT2D eigenvalue weighted by Crippen LogP contribution is -2.45. The van der Waals surface area contributed by atoms with Gasteiger partial charge in [-0.15, -0.1) is 0 Å². The van der Waals surface area contributed by atoms with Crippen LogP contribution in [0.25, 0.3) is 0 Å². The minimum Gasteiger partial charge on any atom is -0.467 e. The van der Waals surface area contributed by atoms with Crippen LogP contribution in [-0.2, 0) is 9.53 Å². The van der Waals surface area contributed by atoms with Crippen LogP contribution in [-0.4, -0.2) is 25.0 Å². The smallest absolute Gasteiger partial charge is 0.328 e. The second kappa shape index (κ2) is 7.51. The summed E-state index contributed by atoms with van der Waals surface area (Å²) in [7, 11) is 1.24. The molecule has 1 N–H and O–H groups in total. The number of rotatable bonds is 5. The minimum atomic E-state index is -0.858. The summed E-state index contributed by atoms with van der Waals surface area (Å²) in [4.78, 5) is 23.7. The van der Waals surface area contributed by atoms with Gasteiger partial charge in [0.2, 0.25) is 0 Å². The zero-order valence-corrected chi connectivity index (χ0v) is 12.0. The Labute approximate surface area is 122 Å². The zero-order valence-electron chi connectivity index (χ0n) is 11.2. The van der Waals surface area contributed by atoms with Gasteiger partial charge in [-0.25, -0.2) is 4.79 Å². The van der Waals surface area contributed by atoms with Gasteiger partial charge in [0.05, 0.1) is 13.2 Å². The monoisotopic (exact) mass is 294 g/mol. The van der Waals surface area contributed by atoms with Crippen LogP contribution in [0.15, 0.2) is 24.3 Å². The standard InChI is InChI=1S/C14H15ClN2O3/c1-9(7-8-16)12(14(19)20-2)17-13(18)10-3-5-11(15)6-4-10/h3-6,9,12H,7H2,1-2H3,(H,17,18)/t9-,12+/m0/s1. The summed E-state index contributed by atoms with van der Waals surface area (Å²) in [6.45, 7) is 1.70. The van der Waals surface area contributed by atoms with E-state index in [4.69, 9.17) is 16.9 Å². The van der Waals surface area contributed by atoms with Gasteiger partial charge >= 0.3 is 5.97 Å². The average Bonchev–Trinajstić information content (AvgIpc) is 2.44. The first-order valence-electron chi connectivity index (χ1n) is 6.00. The number of nitrogens with zero attached hydrogens (tertiary/aromatic N) is 1. The first kappa shape index (κ1) is 16.0. The Balaban J connectivity index is 2.84. The summed E-state index contributed by atoms with van der Waals surface area (Å²) < 4.78 is 4.65. The Morgan fingerprint density at radius 2 is 2.00 bits per heavy atom. The van der Waals surface area contributed by atoms with Crippen LogP contribution in [0.3, 0.4) is 0 Å². The number of nitrogens with one attached hydrogen (secondary N) is 1. The molecule has 0 aliphatic rings. The van der Waals surface area contributed by atoms with Crippen molar-refractivity contribution in [2.45, 2.75) is 19.4 Å². The van der Waals surface area contributed by atoms with Gasteiger partial charge in [0.1, 0.15) is 6.04 Å². The molecule has 1 amide bonds. The molecule has 5 nitrogen and oxygen atoms in total.